The predicted molar refractivity (Wildman–Crippen MR) is 146 cm³/mol. The molecular formula is C29H31N5O5. The standard InChI is InChI=1S/C29H31N5O5/c1-5-29(2,3)30-27(37)26(19-12-16-22(35)17-13-19)34(21-14-10-20(11-15-21)28(38)39-4)25(36)18-33-24-9-7-6-8-23(24)31-32-33/h6-17,26,35H,5,18H2,1-4H3,(H,30,37). The van der Waals surface area contributed by atoms with E-state index in [4.69, 9.17) is 4.74 Å². The highest BCUT2D eigenvalue weighted by molar-refractivity contribution is 6.02. The topological polar surface area (TPSA) is 127 Å². The molecule has 202 valence electrons. The first kappa shape index (κ1) is 27.3. The number of phenolic OH excluding ortho intramolecular Hbond substituents is 1. The number of amides is 2. The Labute approximate surface area is 226 Å². The lowest BCUT2D eigenvalue weighted by Gasteiger charge is -2.34. The number of fused-ring (bicyclic) bond motifs is 1. The molecule has 0 aliphatic heterocycles. The Morgan fingerprint density at radius 2 is 1.69 bits per heavy atom. The Kier molecular flexibility index (Phi) is 7.94. The van der Waals surface area contributed by atoms with Crippen molar-refractivity contribution < 1.29 is 24.2 Å². The molecule has 10 heteroatoms. The second kappa shape index (κ2) is 11.3. The first-order valence-electron chi connectivity index (χ1n) is 12.5. The molecule has 0 aliphatic carbocycles. The van der Waals surface area contributed by atoms with E-state index in [-0.39, 0.29) is 12.3 Å². The normalized spacial score (nSPS) is 12.1. The van der Waals surface area contributed by atoms with Crippen LogP contribution in [0.4, 0.5) is 5.69 Å². The van der Waals surface area contributed by atoms with Crippen LogP contribution in [0.3, 0.4) is 0 Å². The summed E-state index contributed by atoms with van der Waals surface area (Å²) in [6, 6.07) is 18.6. The first-order chi connectivity index (χ1) is 18.6. The SMILES string of the molecule is CCC(C)(C)NC(=O)C(c1ccc(O)cc1)N(C(=O)Cn1nnc2ccccc21)c1ccc(C(=O)OC)cc1. The maximum absolute atomic E-state index is 14.1. The van der Waals surface area contributed by atoms with E-state index in [1.165, 1.54) is 41.0 Å². The largest absolute Gasteiger partial charge is 0.508 e. The molecule has 0 saturated carbocycles. The summed E-state index contributed by atoms with van der Waals surface area (Å²) in [5.74, 6) is -1.33. The van der Waals surface area contributed by atoms with E-state index >= 15 is 0 Å². The van der Waals surface area contributed by atoms with Crippen LogP contribution in [0, 0.1) is 0 Å². The quantitative estimate of drug-likeness (QED) is 0.314. The number of nitrogens with zero attached hydrogens (tertiary/aromatic N) is 4. The van der Waals surface area contributed by atoms with Gasteiger partial charge in [0, 0.05) is 11.2 Å². The lowest BCUT2D eigenvalue weighted by molar-refractivity contribution is -0.128. The van der Waals surface area contributed by atoms with Gasteiger partial charge in [0.15, 0.2) is 0 Å². The zero-order valence-electron chi connectivity index (χ0n) is 22.3. The number of nitrogens with one attached hydrogen (secondary N) is 1. The van der Waals surface area contributed by atoms with Gasteiger partial charge in [-0.2, -0.15) is 0 Å². The summed E-state index contributed by atoms with van der Waals surface area (Å²) in [5, 5.41) is 21.2. The number of esters is 1. The van der Waals surface area contributed by atoms with Crippen molar-refractivity contribution in [3.05, 3.63) is 83.9 Å². The summed E-state index contributed by atoms with van der Waals surface area (Å²) < 4.78 is 6.28. The fraction of sp³-hybridized carbons (Fsp3) is 0.276. The number of methoxy groups -OCH3 is 1. The molecule has 4 aromatic rings. The highest BCUT2D eigenvalue weighted by Crippen LogP contribution is 2.31. The van der Waals surface area contributed by atoms with E-state index in [2.05, 4.69) is 15.6 Å². The van der Waals surface area contributed by atoms with Crippen LogP contribution in [0.15, 0.2) is 72.8 Å². The maximum Gasteiger partial charge on any atom is 0.337 e. The molecule has 4 rings (SSSR count). The number of carbonyl (C=O) groups is 3. The third-order valence-corrected chi connectivity index (χ3v) is 6.60. The Balaban J connectivity index is 1.83. The monoisotopic (exact) mass is 529 g/mol. The van der Waals surface area contributed by atoms with Gasteiger partial charge in [-0.05, 0) is 74.4 Å². The van der Waals surface area contributed by atoms with Gasteiger partial charge >= 0.3 is 5.97 Å². The summed E-state index contributed by atoms with van der Waals surface area (Å²) in [7, 11) is 1.29. The number of aromatic hydroxyl groups is 1. The molecule has 0 radical (unpaired) electrons. The fourth-order valence-corrected chi connectivity index (χ4v) is 4.12. The van der Waals surface area contributed by atoms with Crippen molar-refractivity contribution in [3.63, 3.8) is 0 Å². The number of ether oxygens (including phenoxy) is 1. The Bertz CT molecular complexity index is 1480. The Morgan fingerprint density at radius 1 is 1.03 bits per heavy atom. The van der Waals surface area contributed by atoms with Gasteiger partial charge in [0.1, 0.15) is 23.9 Å². The van der Waals surface area contributed by atoms with Crippen molar-refractivity contribution >= 4 is 34.5 Å². The van der Waals surface area contributed by atoms with Gasteiger partial charge in [-0.15, -0.1) is 5.10 Å². The fourth-order valence-electron chi connectivity index (χ4n) is 4.12. The van der Waals surface area contributed by atoms with Crippen LogP contribution in [0.2, 0.25) is 0 Å². The van der Waals surface area contributed by atoms with E-state index in [1.807, 2.05) is 39.0 Å². The zero-order valence-corrected chi connectivity index (χ0v) is 22.3. The van der Waals surface area contributed by atoms with E-state index in [1.54, 1.807) is 30.3 Å². The van der Waals surface area contributed by atoms with E-state index in [0.29, 0.717) is 34.3 Å². The molecule has 1 heterocycles. The van der Waals surface area contributed by atoms with Crippen LogP contribution in [-0.4, -0.2) is 50.5 Å². The number of hydrogen-bond donors (Lipinski definition) is 2. The summed E-state index contributed by atoms with van der Waals surface area (Å²) in [6.07, 6.45) is 0.660. The van der Waals surface area contributed by atoms with Crippen LogP contribution in [0.5, 0.6) is 5.75 Å². The molecule has 1 unspecified atom stereocenters. The average Bonchev–Trinajstić information content (AvgIpc) is 3.34. The zero-order chi connectivity index (χ0) is 28.2. The van der Waals surface area contributed by atoms with E-state index < -0.39 is 29.4 Å². The molecule has 0 aliphatic rings. The number of aromatic nitrogens is 3. The minimum absolute atomic E-state index is 0.0289. The minimum atomic E-state index is -1.09. The van der Waals surface area contributed by atoms with E-state index in [9.17, 15) is 19.5 Å². The molecule has 1 aromatic heterocycles. The third-order valence-electron chi connectivity index (χ3n) is 6.60. The highest BCUT2D eigenvalue weighted by Gasteiger charge is 2.35. The lowest BCUT2D eigenvalue weighted by Crippen LogP contribution is -2.51. The van der Waals surface area contributed by atoms with Crippen molar-refractivity contribution in [2.24, 2.45) is 0 Å². The summed E-state index contributed by atoms with van der Waals surface area (Å²) in [5.41, 5.74) is 1.94. The second-order valence-electron chi connectivity index (χ2n) is 9.76. The van der Waals surface area contributed by atoms with Crippen LogP contribution in [0.1, 0.15) is 49.2 Å². The van der Waals surface area contributed by atoms with Gasteiger partial charge < -0.3 is 15.2 Å². The number of hydrogen-bond acceptors (Lipinski definition) is 7. The number of carbonyl (C=O) groups excluding carboxylic acids is 3. The molecule has 3 aromatic carbocycles. The number of para-hydroxylation sites is 1. The van der Waals surface area contributed by atoms with Crippen molar-refractivity contribution in [1.82, 2.24) is 20.3 Å². The van der Waals surface area contributed by atoms with Crippen molar-refractivity contribution in [3.8, 4) is 5.75 Å². The van der Waals surface area contributed by atoms with Gasteiger partial charge in [0.05, 0.1) is 18.2 Å². The molecule has 10 nitrogen and oxygen atoms in total. The van der Waals surface area contributed by atoms with Gasteiger partial charge in [-0.3, -0.25) is 14.5 Å². The molecule has 0 fully saturated rings. The predicted octanol–water partition coefficient (Wildman–Crippen LogP) is 4.00. The average molecular weight is 530 g/mol. The molecule has 0 spiro atoms. The summed E-state index contributed by atoms with van der Waals surface area (Å²) in [6.45, 7) is 5.56. The summed E-state index contributed by atoms with van der Waals surface area (Å²) >= 11 is 0. The number of rotatable bonds is 9. The molecule has 0 bridgehead atoms. The van der Waals surface area contributed by atoms with Crippen molar-refractivity contribution in [2.45, 2.75) is 45.3 Å². The smallest absolute Gasteiger partial charge is 0.337 e. The lowest BCUT2D eigenvalue weighted by atomic mass is 9.98. The first-order valence-corrected chi connectivity index (χ1v) is 12.5. The van der Waals surface area contributed by atoms with Crippen LogP contribution in [-0.2, 0) is 20.9 Å². The molecule has 1 atom stereocenters. The highest BCUT2D eigenvalue weighted by atomic mass is 16.5. The molecule has 2 amide bonds. The third kappa shape index (κ3) is 6.06. The van der Waals surface area contributed by atoms with Gasteiger partial charge in [-0.1, -0.05) is 36.4 Å². The maximum atomic E-state index is 14.1. The number of benzene rings is 3. The molecule has 2 N–H and O–H groups in total. The second-order valence-corrected chi connectivity index (χ2v) is 9.76. The van der Waals surface area contributed by atoms with Gasteiger partial charge in [-0.25, -0.2) is 9.48 Å². The molecule has 0 saturated heterocycles. The molecular weight excluding hydrogens is 498 g/mol. The minimum Gasteiger partial charge on any atom is -0.508 e. The Hall–Kier alpha value is -4.73. The van der Waals surface area contributed by atoms with Gasteiger partial charge in [0.2, 0.25) is 11.8 Å². The van der Waals surface area contributed by atoms with Crippen LogP contribution in [0.25, 0.3) is 11.0 Å². The van der Waals surface area contributed by atoms with Gasteiger partial charge in [0.25, 0.3) is 0 Å². The van der Waals surface area contributed by atoms with Crippen LogP contribution >= 0.6 is 0 Å². The van der Waals surface area contributed by atoms with Crippen molar-refractivity contribution in [1.29, 1.82) is 0 Å². The Morgan fingerprint density at radius 3 is 2.33 bits per heavy atom. The number of anilines is 1. The molecule has 39 heavy (non-hydrogen) atoms. The van der Waals surface area contributed by atoms with Crippen molar-refractivity contribution in [2.75, 3.05) is 12.0 Å². The van der Waals surface area contributed by atoms with Crippen LogP contribution < -0.4 is 10.2 Å². The number of phenols is 1. The van der Waals surface area contributed by atoms with E-state index in [0.717, 1.165) is 0 Å². The summed E-state index contributed by atoms with van der Waals surface area (Å²) in [4.78, 5) is 41.4.